The van der Waals surface area contributed by atoms with E-state index in [0.29, 0.717) is 35.7 Å². The number of Topliss-reactive ketones (excluding diaryl/α,β-unsaturated/α-hetero) is 1. The molecule has 1 aliphatic rings. The summed E-state index contributed by atoms with van der Waals surface area (Å²) >= 11 is 0. The van der Waals surface area contributed by atoms with Crippen LogP contribution < -0.4 is 0 Å². The molecule has 3 rings (SSSR count). The van der Waals surface area contributed by atoms with Crippen molar-refractivity contribution in [3.05, 3.63) is 58.4 Å². The average Bonchev–Trinajstić information content (AvgIpc) is 3.20. The third-order valence-corrected chi connectivity index (χ3v) is 5.09. The van der Waals surface area contributed by atoms with Gasteiger partial charge in [0.15, 0.2) is 5.78 Å². The Morgan fingerprint density at radius 3 is 2.65 bits per heavy atom. The van der Waals surface area contributed by atoms with Gasteiger partial charge >= 0.3 is 5.97 Å². The molecule has 0 bridgehead atoms. The Bertz CT molecular complexity index is 795. The Hall–Kier alpha value is -2.40. The van der Waals surface area contributed by atoms with Crippen LogP contribution in [-0.2, 0) is 4.74 Å². The number of H-pyrrole nitrogens is 1. The number of ether oxygens (including phenoxy) is 1. The minimum atomic E-state index is -0.374. The van der Waals surface area contributed by atoms with Gasteiger partial charge in [-0.3, -0.25) is 9.69 Å². The van der Waals surface area contributed by atoms with E-state index in [1.807, 2.05) is 25.1 Å². The smallest absolute Gasteiger partial charge is 0.340 e. The van der Waals surface area contributed by atoms with Crippen LogP contribution in [0.2, 0.25) is 0 Å². The van der Waals surface area contributed by atoms with Gasteiger partial charge in [-0.15, -0.1) is 0 Å². The Kier molecular flexibility index (Phi) is 5.57. The number of hydrogen-bond acceptors (Lipinski definition) is 4. The summed E-state index contributed by atoms with van der Waals surface area (Å²) in [6.07, 6.45) is 2.15. The van der Waals surface area contributed by atoms with Crippen molar-refractivity contribution >= 4 is 11.8 Å². The molecule has 1 aromatic heterocycles. The van der Waals surface area contributed by atoms with Crippen molar-refractivity contribution in [2.24, 2.45) is 0 Å². The van der Waals surface area contributed by atoms with Gasteiger partial charge in [0, 0.05) is 11.7 Å². The summed E-state index contributed by atoms with van der Waals surface area (Å²) in [5, 5.41) is 0. The van der Waals surface area contributed by atoms with Crippen LogP contribution in [-0.4, -0.2) is 41.3 Å². The van der Waals surface area contributed by atoms with E-state index in [4.69, 9.17) is 4.74 Å². The van der Waals surface area contributed by atoms with Crippen molar-refractivity contribution in [3.63, 3.8) is 0 Å². The lowest BCUT2D eigenvalue weighted by Crippen LogP contribution is -2.30. The van der Waals surface area contributed by atoms with Crippen molar-refractivity contribution in [1.82, 2.24) is 9.88 Å². The highest BCUT2D eigenvalue weighted by Crippen LogP contribution is 2.32. The second kappa shape index (κ2) is 7.87. The van der Waals surface area contributed by atoms with Crippen LogP contribution in [0.1, 0.15) is 63.5 Å². The van der Waals surface area contributed by atoms with E-state index in [-0.39, 0.29) is 17.8 Å². The van der Waals surface area contributed by atoms with E-state index < -0.39 is 0 Å². The Morgan fingerprint density at radius 1 is 1.23 bits per heavy atom. The van der Waals surface area contributed by atoms with Gasteiger partial charge in [-0.1, -0.05) is 30.3 Å². The molecule has 2 heterocycles. The molecule has 1 aliphatic heterocycles. The van der Waals surface area contributed by atoms with Crippen LogP contribution in [0.4, 0.5) is 0 Å². The quantitative estimate of drug-likeness (QED) is 0.633. The van der Waals surface area contributed by atoms with Gasteiger partial charge in [0.1, 0.15) is 0 Å². The predicted molar refractivity (Wildman–Crippen MR) is 101 cm³/mol. The van der Waals surface area contributed by atoms with E-state index in [1.165, 1.54) is 5.56 Å². The predicted octanol–water partition coefficient (Wildman–Crippen LogP) is 3.83. The van der Waals surface area contributed by atoms with E-state index >= 15 is 0 Å². The molecule has 0 amide bonds. The standard InChI is InChI=1S/C21H26N2O3/c1-4-26-21(25)19-14(2)20(22-15(19)3)18(24)13-23-12-8-11-17(23)16-9-6-5-7-10-16/h5-7,9-10,17,22H,4,8,11-13H2,1-3H3. The molecule has 1 N–H and O–H groups in total. The maximum absolute atomic E-state index is 12.9. The van der Waals surface area contributed by atoms with Gasteiger partial charge in [0.25, 0.3) is 0 Å². The van der Waals surface area contributed by atoms with Crippen LogP contribution in [0.15, 0.2) is 30.3 Å². The van der Waals surface area contributed by atoms with Crippen LogP contribution in [0.25, 0.3) is 0 Å². The van der Waals surface area contributed by atoms with Crippen LogP contribution in [0, 0.1) is 13.8 Å². The first-order chi connectivity index (χ1) is 12.5. The first-order valence-electron chi connectivity index (χ1n) is 9.21. The molecule has 5 nitrogen and oxygen atoms in total. The summed E-state index contributed by atoms with van der Waals surface area (Å²) < 4.78 is 5.11. The van der Waals surface area contributed by atoms with Crippen LogP contribution in [0.5, 0.6) is 0 Å². The average molecular weight is 354 g/mol. The molecule has 0 spiro atoms. The lowest BCUT2D eigenvalue weighted by molar-refractivity contribution is 0.0525. The molecule has 5 heteroatoms. The summed E-state index contributed by atoms with van der Waals surface area (Å²) in [6.45, 7) is 6.97. The monoisotopic (exact) mass is 354 g/mol. The van der Waals surface area contributed by atoms with Crippen molar-refractivity contribution in [3.8, 4) is 0 Å². The maximum Gasteiger partial charge on any atom is 0.340 e. The van der Waals surface area contributed by atoms with Crippen LogP contribution >= 0.6 is 0 Å². The van der Waals surface area contributed by atoms with E-state index in [0.717, 1.165) is 19.4 Å². The van der Waals surface area contributed by atoms with E-state index in [2.05, 4.69) is 22.0 Å². The molecule has 138 valence electrons. The fourth-order valence-corrected chi connectivity index (χ4v) is 3.87. The number of carbonyl (C=O) groups is 2. The van der Waals surface area contributed by atoms with Crippen LogP contribution in [0.3, 0.4) is 0 Å². The zero-order valence-corrected chi connectivity index (χ0v) is 15.7. The molecule has 1 aromatic carbocycles. The maximum atomic E-state index is 12.9. The van der Waals surface area contributed by atoms with Gasteiger partial charge in [-0.25, -0.2) is 4.79 Å². The summed E-state index contributed by atoms with van der Waals surface area (Å²) in [4.78, 5) is 30.4. The summed E-state index contributed by atoms with van der Waals surface area (Å²) in [7, 11) is 0. The Balaban J connectivity index is 1.78. The number of nitrogens with one attached hydrogen (secondary N) is 1. The first-order valence-corrected chi connectivity index (χ1v) is 9.21. The first kappa shape index (κ1) is 18.4. The molecular weight excluding hydrogens is 328 g/mol. The van der Waals surface area contributed by atoms with Crippen molar-refractivity contribution in [2.75, 3.05) is 19.7 Å². The van der Waals surface area contributed by atoms with Gasteiger partial charge < -0.3 is 9.72 Å². The van der Waals surface area contributed by atoms with Gasteiger partial charge in [0.05, 0.1) is 24.4 Å². The zero-order valence-electron chi connectivity index (χ0n) is 15.7. The molecule has 1 unspecified atom stereocenters. The van der Waals surface area contributed by atoms with Gasteiger partial charge in [-0.2, -0.15) is 0 Å². The molecule has 26 heavy (non-hydrogen) atoms. The van der Waals surface area contributed by atoms with Gasteiger partial charge in [-0.05, 0) is 51.3 Å². The topological polar surface area (TPSA) is 62.4 Å². The molecular formula is C21H26N2O3. The number of likely N-dealkylation sites (tertiary alicyclic amines) is 1. The minimum absolute atomic E-state index is 0.0176. The lowest BCUT2D eigenvalue weighted by atomic mass is 10.0. The number of ketones is 1. The van der Waals surface area contributed by atoms with Crippen molar-refractivity contribution in [1.29, 1.82) is 0 Å². The number of benzene rings is 1. The third kappa shape index (κ3) is 3.58. The number of hydrogen-bond donors (Lipinski definition) is 1. The van der Waals surface area contributed by atoms with E-state index in [9.17, 15) is 9.59 Å². The molecule has 1 atom stereocenters. The summed E-state index contributed by atoms with van der Waals surface area (Å²) in [5.41, 5.74) is 3.62. The summed E-state index contributed by atoms with van der Waals surface area (Å²) in [6, 6.07) is 10.6. The molecule has 2 aromatic rings. The second-order valence-corrected chi connectivity index (χ2v) is 6.81. The number of rotatable bonds is 6. The Labute approximate surface area is 154 Å². The number of nitrogens with zero attached hydrogens (tertiary/aromatic N) is 1. The number of carbonyl (C=O) groups excluding carboxylic acids is 2. The summed E-state index contributed by atoms with van der Waals surface area (Å²) in [5.74, 6) is -0.356. The molecule has 0 saturated carbocycles. The lowest BCUT2D eigenvalue weighted by Gasteiger charge is -2.24. The SMILES string of the molecule is CCOC(=O)c1c(C)[nH]c(C(=O)CN2CCCC2c2ccccc2)c1C. The molecule has 1 fully saturated rings. The molecule has 0 radical (unpaired) electrons. The van der Waals surface area contributed by atoms with Crippen molar-refractivity contribution < 1.29 is 14.3 Å². The second-order valence-electron chi connectivity index (χ2n) is 6.81. The minimum Gasteiger partial charge on any atom is -0.462 e. The Morgan fingerprint density at radius 2 is 1.96 bits per heavy atom. The normalized spacial score (nSPS) is 17.4. The number of aromatic nitrogens is 1. The highest BCUT2D eigenvalue weighted by atomic mass is 16.5. The highest BCUT2D eigenvalue weighted by Gasteiger charge is 2.29. The number of esters is 1. The molecule has 1 saturated heterocycles. The van der Waals surface area contributed by atoms with Crippen molar-refractivity contribution in [2.45, 2.75) is 39.7 Å². The third-order valence-electron chi connectivity index (χ3n) is 5.09. The largest absolute Gasteiger partial charge is 0.462 e. The highest BCUT2D eigenvalue weighted by molar-refractivity contribution is 6.02. The molecule has 0 aliphatic carbocycles. The number of aryl methyl sites for hydroxylation is 1. The fraction of sp³-hybridized carbons (Fsp3) is 0.429. The van der Waals surface area contributed by atoms with E-state index in [1.54, 1.807) is 13.8 Å². The number of aromatic amines is 1. The fourth-order valence-electron chi connectivity index (χ4n) is 3.87. The zero-order chi connectivity index (χ0) is 18.7. The van der Waals surface area contributed by atoms with Gasteiger partial charge in [0.2, 0.25) is 0 Å².